The number of imidazole rings is 2. The molecular formula is C59H93N17O21S. The van der Waals surface area contributed by atoms with Crippen LogP contribution in [0.3, 0.4) is 0 Å². The van der Waals surface area contributed by atoms with Crippen molar-refractivity contribution in [2.24, 2.45) is 34.8 Å². The number of anilines is 1. The summed E-state index contributed by atoms with van der Waals surface area (Å²) in [7, 11) is 4.04. The number of nitrogens with one attached hydrogen (secondary N) is 6. The number of aryl methyl sites for hydroxylation is 1. The van der Waals surface area contributed by atoms with Crippen LogP contribution in [0.4, 0.5) is 10.6 Å². The van der Waals surface area contributed by atoms with Gasteiger partial charge in [-0.1, -0.05) is 27.2 Å². The number of H-pyrrole nitrogens is 2. The molecule has 0 bridgehead atoms. The van der Waals surface area contributed by atoms with E-state index in [-0.39, 0.29) is 35.4 Å². The number of ketones is 2. The molecular weight excluding hydrogens is 1310 g/mol. The standard InChI is InChI=1S/C43H68N12O20.C16H25N5OS/c1-13(28(62)15(3)39(68)53-26(16(4)58)17(5)59)6-21(60)27(54-40(69)25-14(2)36(46)55-38(52-25)19(7-24(45)61)50-8-18(44)37(47)67)33(20-9-49-12-51-20)73-42-35(31(65)29(63)22(10-56)72-42)74-41-32(66)34(75-43(48)70)30(64)23(11-57)71-41;1-4-5-7-14-19-13(11-23-14)15-18-10-12(20-15)16(22)17-8-6-9-21(2)3/h9,12-13,15-16,18-19,22-23,26-35,41-42,50,56-58,62-66H,6-8,10-11,44H2,1-5H3,(H2,45,61)(H2,47,67)(H2,48,70)(H,49,51)(H,53,68)(H,54,69)(H2,46,52,55);10-11H,4-9H2,1-3H3,(H,17,22)(H,18,20). The molecule has 0 aliphatic carbocycles. The molecule has 19 unspecified atom stereocenters. The molecule has 24 N–H and O–H groups in total. The molecule has 546 valence electrons. The molecule has 38 nitrogen and oxygen atoms in total. The Morgan fingerprint density at radius 2 is 1.51 bits per heavy atom. The van der Waals surface area contributed by atoms with E-state index in [4.69, 9.17) is 52.4 Å². The van der Waals surface area contributed by atoms with Crippen molar-refractivity contribution in [3.8, 4) is 11.5 Å². The number of primary amides is 3. The van der Waals surface area contributed by atoms with Crippen LogP contribution in [0.5, 0.6) is 0 Å². The van der Waals surface area contributed by atoms with Crippen LogP contribution < -0.4 is 49.9 Å². The van der Waals surface area contributed by atoms with Crippen molar-refractivity contribution in [2.75, 3.05) is 52.7 Å². The summed E-state index contributed by atoms with van der Waals surface area (Å²) in [5.74, 6) is -8.07. The first-order valence-electron chi connectivity index (χ1n) is 31.4. The zero-order valence-corrected chi connectivity index (χ0v) is 56.2. The first kappa shape index (κ1) is 81.0. The second-order valence-electron chi connectivity index (χ2n) is 24.1. The Morgan fingerprint density at radius 1 is 0.837 bits per heavy atom. The molecule has 0 saturated carbocycles. The van der Waals surface area contributed by atoms with Gasteiger partial charge in [-0.2, -0.15) is 0 Å². The van der Waals surface area contributed by atoms with E-state index in [0.717, 1.165) is 62.4 Å². The lowest BCUT2D eigenvalue weighted by atomic mass is 9.86. The quantitative estimate of drug-likeness (QED) is 0.0189. The average molecular weight is 1410 g/mol. The number of aliphatic hydroxyl groups excluding tert-OH is 8. The largest absolute Gasteiger partial charge is 0.441 e. The highest BCUT2D eigenvalue weighted by atomic mass is 32.1. The van der Waals surface area contributed by atoms with E-state index in [2.05, 4.69) is 68.0 Å². The maximum absolute atomic E-state index is 15.0. The summed E-state index contributed by atoms with van der Waals surface area (Å²) in [5, 5.41) is 99.9. The monoisotopic (exact) mass is 1410 g/mol. The number of carbonyl (C=O) groups excluding carboxylic acids is 8. The number of ether oxygens (including phenoxy) is 5. The van der Waals surface area contributed by atoms with Crippen molar-refractivity contribution in [3.63, 3.8) is 0 Å². The molecule has 6 heterocycles. The summed E-state index contributed by atoms with van der Waals surface area (Å²) < 4.78 is 28.5. The smallest absolute Gasteiger partial charge is 0.404 e. The van der Waals surface area contributed by atoms with E-state index in [1.165, 1.54) is 27.7 Å². The number of hydrogen-bond donors (Lipinski definition) is 19. The van der Waals surface area contributed by atoms with Crippen molar-refractivity contribution in [1.29, 1.82) is 0 Å². The zero-order valence-electron chi connectivity index (χ0n) is 55.4. The molecule has 4 aromatic rings. The number of Topliss-reactive ketones (excluding diaryl/α,β-unsaturated/α-hetero) is 2. The molecule has 39 heteroatoms. The van der Waals surface area contributed by atoms with Crippen molar-refractivity contribution >= 4 is 64.4 Å². The molecule has 4 aromatic heterocycles. The number of nitrogens with zero attached hydrogens (tertiary/aromatic N) is 6. The van der Waals surface area contributed by atoms with Gasteiger partial charge in [-0.3, -0.25) is 33.6 Å². The fourth-order valence-corrected chi connectivity index (χ4v) is 11.1. The number of rotatable bonds is 36. The van der Waals surface area contributed by atoms with Gasteiger partial charge < -0.3 is 129 Å². The molecule has 98 heavy (non-hydrogen) atoms. The number of amides is 6. The lowest BCUT2D eigenvalue weighted by molar-refractivity contribution is -0.372. The van der Waals surface area contributed by atoms with E-state index in [1.807, 2.05) is 19.5 Å². The van der Waals surface area contributed by atoms with Crippen LogP contribution in [0.15, 0.2) is 24.1 Å². The third-order valence-electron chi connectivity index (χ3n) is 16.0. The van der Waals surface area contributed by atoms with E-state index in [1.54, 1.807) is 17.5 Å². The van der Waals surface area contributed by atoms with Gasteiger partial charge in [0.15, 0.2) is 36.1 Å². The lowest BCUT2D eigenvalue weighted by Gasteiger charge is -2.47. The summed E-state index contributed by atoms with van der Waals surface area (Å²) in [6, 6.07) is -5.87. The summed E-state index contributed by atoms with van der Waals surface area (Å²) in [5.41, 5.74) is 28.5. The van der Waals surface area contributed by atoms with Crippen molar-refractivity contribution < 1.29 is 103 Å². The summed E-state index contributed by atoms with van der Waals surface area (Å²) >= 11 is 1.65. The van der Waals surface area contributed by atoms with E-state index < -0.39 is 189 Å². The van der Waals surface area contributed by atoms with Gasteiger partial charge in [0.2, 0.25) is 17.7 Å². The normalized spacial score (nSPS) is 23.7. The number of aromatic nitrogens is 7. The molecule has 6 amide bonds. The van der Waals surface area contributed by atoms with Crippen LogP contribution in [-0.4, -0.2) is 267 Å². The number of thiazole rings is 1. The first-order chi connectivity index (χ1) is 46.2. The molecule has 2 aliphatic heterocycles. The Bertz CT molecular complexity index is 3270. The van der Waals surface area contributed by atoms with Gasteiger partial charge in [0.05, 0.1) is 72.8 Å². The van der Waals surface area contributed by atoms with Gasteiger partial charge in [0.1, 0.15) is 89.6 Å². The number of aliphatic hydroxyl groups is 8. The van der Waals surface area contributed by atoms with Crippen molar-refractivity contribution in [1.82, 2.24) is 61.1 Å². The van der Waals surface area contributed by atoms with Gasteiger partial charge in [0.25, 0.3) is 11.8 Å². The number of hydrogen-bond acceptors (Lipinski definition) is 31. The van der Waals surface area contributed by atoms with E-state index >= 15 is 0 Å². The average Bonchev–Trinajstić information content (AvgIpc) is 0.818. The first-order valence-corrected chi connectivity index (χ1v) is 32.2. The summed E-state index contributed by atoms with van der Waals surface area (Å²) in [6.07, 6.45) is -19.2. The second-order valence-corrected chi connectivity index (χ2v) is 25.0. The maximum Gasteiger partial charge on any atom is 0.404 e. The van der Waals surface area contributed by atoms with Gasteiger partial charge in [-0.05, 0) is 66.6 Å². The Labute approximate surface area is 566 Å². The highest BCUT2D eigenvalue weighted by Crippen LogP contribution is 2.35. The van der Waals surface area contributed by atoms with Gasteiger partial charge in [-0.25, -0.2) is 29.7 Å². The molecule has 0 radical (unpaired) electrons. The minimum atomic E-state index is -2.15. The number of carbonyl (C=O) groups is 8. The van der Waals surface area contributed by atoms with Crippen LogP contribution in [0.25, 0.3) is 11.5 Å². The number of nitrogens with two attached hydrogens (primary N) is 5. The third-order valence-corrected chi connectivity index (χ3v) is 16.9. The number of aromatic amines is 2. The zero-order chi connectivity index (χ0) is 73.0. The lowest BCUT2D eigenvalue weighted by Crippen LogP contribution is -2.65. The Kier molecular flexibility index (Phi) is 31.4. The van der Waals surface area contributed by atoms with Crippen molar-refractivity contribution in [2.45, 2.75) is 184 Å². The van der Waals surface area contributed by atoms with Gasteiger partial charge in [-0.15, -0.1) is 11.3 Å². The molecule has 2 aliphatic rings. The Morgan fingerprint density at radius 3 is 2.10 bits per heavy atom. The Balaban J connectivity index is 0.000000631. The SMILES string of the molecule is CC(=O)C(NC(=O)C(C)C(O)C(C)CC(=O)C(NC(=O)c1nc(C(CC(N)=O)NCC(N)C(N)=O)nc(N)c1C)C(OC1OC(CO)C(O)C(O)C1OC1OC(CO)C(O)C(OC(N)=O)C1O)c1cnc[nH]1)C(C)O.CCCCc1nc(-c2ncc(C(=O)NCCCN(C)C)[nH]2)cs1. The molecule has 19 atom stereocenters. The predicted molar refractivity (Wildman–Crippen MR) is 343 cm³/mol. The van der Waals surface area contributed by atoms with Gasteiger partial charge >= 0.3 is 6.09 Å². The predicted octanol–water partition coefficient (Wildman–Crippen LogP) is -5.40. The van der Waals surface area contributed by atoms with Crippen LogP contribution in [0, 0.1) is 18.8 Å². The van der Waals surface area contributed by atoms with E-state index in [9.17, 15) is 79.2 Å². The molecule has 6 rings (SSSR count). The second kappa shape index (κ2) is 38.0. The summed E-state index contributed by atoms with van der Waals surface area (Å²) in [6.45, 7) is 7.87. The fraction of sp³-hybridized carbons (Fsp3) is 0.644. The highest BCUT2D eigenvalue weighted by Gasteiger charge is 2.54. The van der Waals surface area contributed by atoms with Crippen LogP contribution in [0.1, 0.15) is 122 Å². The minimum absolute atomic E-state index is 0.0826. The number of unbranched alkanes of at least 4 members (excludes halogenated alkanes) is 1. The minimum Gasteiger partial charge on any atom is -0.441 e. The fourth-order valence-electron chi connectivity index (χ4n) is 10.3. The summed E-state index contributed by atoms with van der Waals surface area (Å²) in [4.78, 5) is 132. The van der Waals surface area contributed by atoms with E-state index in [0.29, 0.717) is 18.1 Å². The molecule has 2 saturated heterocycles. The molecule has 2 fully saturated rings. The topological polar surface area (TPSA) is 622 Å². The maximum atomic E-state index is 15.0. The van der Waals surface area contributed by atoms with Gasteiger partial charge in [0, 0.05) is 36.9 Å². The van der Waals surface area contributed by atoms with Crippen molar-refractivity contribution in [3.05, 3.63) is 57.6 Å². The molecule has 0 spiro atoms. The highest BCUT2D eigenvalue weighted by molar-refractivity contribution is 7.09. The Hall–Kier alpha value is -7.71. The van der Waals surface area contributed by atoms with Crippen LogP contribution >= 0.6 is 11.3 Å². The van der Waals surface area contributed by atoms with Crippen LogP contribution in [0.2, 0.25) is 0 Å². The van der Waals surface area contributed by atoms with Crippen LogP contribution in [-0.2, 0) is 54.1 Å². The third kappa shape index (κ3) is 22.4. The molecule has 0 aromatic carbocycles. The number of nitrogen functional groups attached to an aromatic ring is 1.